The molecular formula is C13H21NO4S. The van der Waals surface area contributed by atoms with Gasteiger partial charge in [0.05, 0.1) is 11.5 Å². The standard InChI is InChI=1S/C13H21NO4S/c1-2-7-19(16,17)10-12(15)9-18-13-6-4-3-5-11(13)8-14/h3-6,12,15H,2,7-10,14H2,1H3. The molecule has 0 amide bonds. The summed E-state index contributed by atoms with van der Waals surface area (Å²) >= 11 is 0. The Kier molecular flexibility index (Phi) is 6.27. The van der Waals surface area contributed by atoms with Crippen molar-refractivity contribution in [3.63, 3.8) is 0 Å². The molecule has 1 unspecified atom stereocenters. The van der Waals surface area contributed by atoms with Crippen molar-refractivity contribution < 1.29 is 18.3 Å². The van der Waals surface area contributed by atoms with Gasteiger partial charge in [0.2, 0.25) is 0 Å². The molecule has 1 rings (SSSR count). The van der Waals surface area contributed by atoms with Crippen LogP contribution in [-0.2, 0) is 16.4 Å². The largest absolute Gasteiger partial charge is 0.491 e. The number of hydrogen-bond donors (Lipinski definition) is 2. The average Bonchev–Trinajstić information content (AvgIpc) is 2.36. The van der Waals surface area contributed by atoms with Crippen LogP contribution in [0.15, 0.2) is 24.3 Å². The monoisotopic (exact) mass is 287 g/mol. The first kappa shape index (κ1) is 15.9. The van der Waals surface area contributed by atoms with E-state index in [0.29, 0.717) is 18.7 Å². The van der Waals surface area contributed by atoms with E-state index in [4.69, 9.17) is 10.5 Å². The topological polar surface area (TPSA) is 89.6 Å². The van der Waals surface area contributed by atoms with E-state index in [1.54, 1.807) is 19.1 Å². The van der Waals surface area contributed by atoms with Crippen molar-refractivity contribution >= 4 is 9.84 Å². The van der Waals surface area contributed by atoms with Gasteiger partial charge in [-0.05, 0) is 12.5 Å². The first-order valence-corrected chi connectivity index (χ1v) is 8.10. The SMILES string of the molecule is CCCS(=O)(=O)CC(O)COc1ccccc1CN. The first-order valence-electron chi connectivity index (χ1n) is 6.27. The molecule has 3 N–H and O–H groups in total. The average molecular weight is 287 g/mol. The van der Waals surface area contributed by atoms with Crippen LogP contribution in [0.25, 0.3) is 0 Å². The normalized spacial score (nSPS) is 13.2. The van der Waals surface area contributed by atoms with E-state index < -0.39 is 15.9 Å². The third kappa shape index (κ3) is 5.59. The minimum atomic E-state index is -3.21. The van der Waals surface area contributed by atoms with Gasteiger partial charge in [-0.1, -0.05) is 25.1 Å². The zero-order valence-corrected chi connectivity index (χ0v) is 11.9. The maximum Gasteiger partial charge on any atom is 0.152 e. The first-order chi connectivity index (χ1) is 8.98. The van der Waals surface area contributed by atoms with Gasteiger partial charge in [-0.3, -0.25) is 0 Å². The number of hydrogen-bond acceptors (Lipinski definition) is 5. The van der Waals surface area contributed by atoms with Gasteiger partial charge in [0.1, 0.15) is 18.5 Å². The minimum absolute atomic E-state index is 0.0556. The molecule has 0 aliphatic rings. The van der Waals surface area contributed by atoms with Gasteiger partial charge in [0, 0.05) is 12.1 Å². The van der Waals surface area contributed by atoms with Crippen molar-refractivity contribution in [1.82, 2.24) is 0 Å². The summed E-state index contributed by atoms with van der Waals surface area (Å²) in [5.74, 6) is 0.395. The van der Waals surface area contributed by atoms with Crippen molar-refractivity contribution in [2.75, 3.05) is 18.1 Å². The summed E-state index contributed by atoms with van der Waals surface area (Å²) < 4.78 is 28.5. The van der Waals surface area contributed by atoms with Gasteiger partial charge in [-0.15, -0.1) is 0 Å². The number of benzene rings is 1. The third-order valence-electron chi connectivity index (χ3n) is 2.59. The van der Waals surface area contributed by atoms with Crippen LogP contribution in [0.3, 0.4) is 0 Å². The summed E-state index contributed by atoms with van der Waals surface area (Å²) in [6.07, 6.45) is -0.478. The van der Waals surface area contributed by atoms with Crippen LogP contribution in [0.1, 0.15) is 18.9 Å². The summed E-state index contributed by atoms with van der Waals surface area (Å²) in [7, 11) is -3.21. The number of nitrogens with two attached hydrogens (primary N) is 1. The van der Waals surface area contributed by atoms with E-state index in [-0.39, 0.29) is 18.1 Å². The zero-order valence-electron chi connectivity index (χ0n) is 11.1. The lowest BCUT2D eigenvalue weighted by Crippen LogP contribution is -2.28. The zero-order chi connectivity index (χ0) is 14.3. The highest BCUT2D eigenvalue weighted by atomic mass is 32.2. The van der Waals surface area contributed by atoms with Crippen molar-refractivity contribution in [2.24, 2.45) is 5.73 Å². The molecule has 0 aliphatic carbocycles. The molecule has 1 aromatic carbocycles. The number of para-hydroxylation sites is 1. The van der Waals surface area contributed by atoms with Crippen LogP contribution in [0.5, 0.6) is 5.75 Å². The molecular weight excluding hydrogens is 266 g/mol. The molecule has 0 bridgehead atoms. The Morgan fingerprint density at radius 2 is 2.05 bits per heavy atom. The molecule has 19 heavy (non-hydrogen) atoms. The molecule has 0 radical (unpaired) electrons. The molecule has 0 heterocycles. The predicted molar refractivity (Wildman–Crippen MR) is 74.8 cm³/mol. The van der Waals surface area contributed by atoms with Gasteiger partial charge >= 0.3 is 0 Å². The fraction of sp³-hybridized carbons (Fsp3) is 0.538. The van der Waals surface area contributed by atoms with Crippen LogP contribution in [0.4, 0.5) is 0 Å². The smallest absolute Gasteiger partial charge is 0.152 e. The third-order valence-corrected chi connectivity index (χ3v) is 4.51. The predicted octanol–water partition coefficient (Wildman–Crippen LogP) is 0.710. The number of ether oxygens (including phenoxy) is 1. The van der Waals surface area contributed by atoms with Crippen LogP contribution in [-0.4, -0.2) is 37.7 Å². The molecule has 0 fully saturated rings. The quantitative estimate of drug-likeness (QED) is 0.735. The van der Waals surface area contributed by atoms with Gasteiger partial charge in [0.15, 0.2) is 9.84 Å². The lowest BCUT2D eigenvalue weighted by atomic mass is 10.2. The molecule has 1 atom stereocenters. The molecule has 0 aliphatic heterocycles. The van der Waals surface area contributed by atoms with E-state index >= 15 is 0 Å². The van der Waals surface area contributed by atoms with E-state index in [9.17, 15) is 13.5 Å². The highest BCUT2D eigenvalue weighted by molar-refractivity contribution is 7.91. The lowest BCUT2D eigenvalue weighted by molar-refractivity contribution is 0.124. The van der Waals surface area contributed by atoms with Crippen molar-refractivity contribution in [3.8, 4) is 5.75 Å². The Hall–Kier alpha value is -1.11. The number of sulfone groups is 1. The second-order valence-electron chi connectivity index (χ2n) is 4.39. The van der Waals surface area contributed by atoms with Gasteiger partial charge in [-0.25, -0.2) is 8.42 Å². The fourth-order valence-corrected chi connectivity index (χ4v) is 3.21. The van der Waals surface area contributed by atoms with E-state index in [1.165, 1.54) is 0 Å². The van der Waals surface area contributed by atoms with E-state index in [1.807, 2.05) is 12.1 Å². The molecule has 6 heteroatoms. The maximum absolute atomic E-state index is 11.5. The van der Waals surface area contributed by atoms with Gasteiger partial charge < -0.3 is 15.6 Å². The minimum Gasteiger partial charge on any atom is -0.491 e. The molecule has 1 aromatic rings. The fourth-order valence-electron chi connectivity index (χ4n) is 1.73. The van der Waals surface area contributed by atoms with Gasteiger partial charge in [-0.2, -0.15) is 0 Å². The van der Waals surface area contributed by atoms with Gasteiger partial charge in [0.25, 0.3) is 0 Å². The van der Waals surface area contributed by atoms with Crippen LogP contribution < -0.4 is 10.5 Å². The molecule has 0 spiro atoms. The highest BCUT2D eigenvalue weighted by Gasteiger charge is 2.17. The Balaban J connectivity index is 2.52. The summed E-state index contributed by atoms with van der Waals surface area (Å²) in [4.78, 5) is 0. The second-order valence-corrected chi connectivity index (χ2v) is 6.62. The highest BCUT2D eigenvalue weighted by Crippen LogP contribution is 2.17. The van der Waals surface area contributed by atoms with Crippen LogP contribution in [0, 0.1) is 0 Å². The Morgan fingerprint density at radius 1 is 1.37 bits per heavy atom. The second kappa shape index (κ2) is 7.47. The molecule has 0 aromatic heterocycles. The van der Waals surface area contributed by atoms with E-state index in [2.05, 4.69) is 0 Å². The summed E-state index contributed by atoms with van der Waals surface area (Å²) in [6, 6.07) is 7.22. The summed E-state index contributed by atoms with van der Waals surface area (Å²) in [5, 5.41) is 9.70. The number of aliphatic hydroxyl groups is 1. The Bertz CT molecular complexity index is 487. The van der Waals surface area contributed by atoms with Crippen LogP contribution >= 0.6 is 0 Å². The Morgan fingerprint density at radius 3 is 2.68 bits per heavy atom. The Labute approximate surface area is 114 Å². The number of aliphatic hydroxyl groups excluding tert-OH is 1. The summed E-state index contributed by atoms with van der Waals surface area (Å²) in [6.45, 7) is 2.07. The molecule has 108 valence electrons. The van der Waals surface area contributed by atoms with Crippen molar-refractivity contribution in [3.05, 3.63) is 29.8 Å². The maximum atomic E-state index is 11.5. The summed E-state index contributed by atoms with van der Waals surface area (Å²) in [5.41, 5.74) is 6.39. The van der Waals surface area contributed by atoms with Crippen molar-refractivity contribution in [2.45, 2.75) is 26.0 Å². The van der Waals surface area contributed by atoms with Crippen molar-refractivity contribution in [1.29, 1.82) is 0 Å². The molecule has 0 saturated heterocycles. The molecule has 5 nitrogen and oxygen atoms in total. The van der Waals surface area contributed by atoms with Crippen LogP contribution in [0.2, 0.25) is 0 Å². The molecule has 0 saturated carbocycles. The lowest BCUT2D eigenvalue weighted by Gasteiger charge is -2.14. The van der Waals surface area contributed by atoms with E-state index in [0.717, 1.165) is 5.56 Å². The number of rotatable bonds is 8.